The number of methoxy groups -OCH3 is 1. The van der Waals surface area contributed by atoms with Gasteiger partial charge in [-0.05, 0) is 31.4 Å². The van der Waals surface area contributed by atoms with Crippen LogP contribution < -0.4 is 0 Å². The Hall–Kier alpha value is -1.52. The summed E-state index contributed by atoms with van der Waals surface area (Å²) in [4.78, 5) is 11.8. The Labute approximate surface area is 165 Å². The van der Waals surface area contributed by atoms with Crippen molar-refractivity contribution in [2.75, 3.05) is 26.9 Å². The fourth-order valence-electron chi connectivity index (χ4n) is 3.81. The molecule has 0 aliphatic carbocycles. The zero-order chi connectivity index (χ0) is 20.3. The van der Waals surface area contributed by atoms with Crippen molar-refractivity contribution in [3.05, 3.63) is 29.8 Å². The number of carbonyl (C=O) groups excluding carboxylic acids is 1. The van der Waals surface area contributed by atoms with Gasteiger partial charge in [-0.3, -0.25) is 4.79 Å². The maximum Gasteiger partial charge on any atom is 0.308 e. The first-order valence-corrected chi connectivity index (χ1v) is 10.8. The Bertz CT molecular complexity index is 797. The molecule has 8 nitrogen and oxygen atoms in total. The van der Waals surface area contributed by atoms with Crippen LogP contribution in [0, 0.1) is 6.92 Å². The Balaban J connectivity index is 1.88. The summed E-state index contributed by atoms with van der Waals surface area (Å²) in [5.41, 5.74) is 0.646. The number of aryl methyl sites for hydroxylation is 1. The van der Waals surface area contributed by atoms with E-state index in [0.29, 0.717) is 18.4 Å². The number of esters is 1. The van der Waals surface area contributed by atoms with Crippen LogP contribution in [-0.2, 0) is 29.0 Å². The van der Waals surface area contributed by atoms with Gasteiger partial charge in [-0.2, -0.15) is 4.31 Å². The Morgan fingerprint density at radius 2 is 2.04 bits per heavy atom. The highest BCUT2D eigenvalue weighted by Gasteiger charge is 2.43. The first-order valence-electron chi connectivity index (χ1n) is 9.38. The third kappa shape index (κ3) is 4.55. The first kappa shape index (κ1) is 21.2. The smallest absolute Gasteiger partial charge is 0.308 e. The van der Waals surface area contributed by atoms with E-state index in [0.717, 1.165) is 0 Å². The number of β-amino-alcohol motifs (C(OH)–C–C–N with tert-alkyl or cyclic N) is 1. The zero-order valence-corrected chi connectivity index (χ0v) is 16.9. The Kier molecular flexibility index (Phi) is 6.72. The molecule has 2 aliphatic heterocycles. The summed E-state index contributed by atoms with van der Waals surface area (Å²) in [5, 5.41) is 10.2. The van der Waals surface area contributed by atoms with Gasteiger partial charge in [-0.1, -0.05) is 18.2 Å². The highest BCUT2D eigenvalue weighted by atomic mass is 32.2. The van der Waals surface area contributed by atoms with Gasteiger partial charge in [0.15, 0.2) is 0 Å². The predicted octanol–water partition coefficient (Wildman–Crippen LogP) is 0.856. The lowest BCUT2D eigenvalue weighted by Gasteiger charge is -2.43. The van der Waals surface area contributed by atoms with E-state index in [1.54, 1.807) is 31.2 Å². The number of hydrogen-bond acceptors (Lipinski definition) is 7. The van der Waals surface area contributed by atoms with Crippen LogP contribution in [0.3, 0.4) is 0 Å². The summed E-state index contributed by atoms with van der Waals surface area (Å²) in [6.07, 6.45) is -0.640. The number of fused-ring (bicyclic) bond motifs is 1. The van der Waals surface area contributed by atoms with Gasteiger partial charge in [0.25, 0.3) is 0 Å². The maximum absolute atomic E-state index is 13.4. The van der Waals surface area contributed by atoms with Crippen LogP contribution in [0.15, 0.2) is 29.2 Å². The molecule has 1 N–H and O–H groups in total. The third-order valence-electron chi connectivity index (χ3n) is 5.24. The fourth-order valence-corrected chi connectivity index (χ4v) is 5.76. The maximum atomic E-state index is 13.4. The molecule has 0 bridgehead atoms. The SMILES string of the molecule is COC(=O)C[C@@H]1CC[C@@H]2[C@H](COC[C@H](O)CN2S(=O)(=O)c2ccccc2C)O1. The number of nitrogens with zero attached hydrogens (tertiary/aromatic N) is 1. The van der Waals surface area contributed by atoms with Gasteiger partial charge in [0.2, 0.25) is 10.0 Å². The highest BCUT2D eigenvalue weighted by molar-refractivity contribution is 7.89. The molecule has 156 valence electrons. The van der Waals surface area contributed by atoms with E-state index in [-0.39, 0.29) is 43.1 Å². The van der Waals surface area contributed by atoms with Crippen LogP contribution in [0.4, 0.5) is 0 Å². The quantitative estimate of drug-likeness (QED) is 0.730. The van der Waals surface area contributed by atoms with Gasteiger partial charge in [-0.15, -0.1) is 0 Å². The molecule has 3 rings (SSSR count). The summed E-state index contributed by atoms with van der Waals surface area (Å²) in [6.45, 7) is 1.85. The van der Waals surface area contributed by atoms with Gasteiger partial charge < -0.3 is 19.3 Å². The molecule has 0 aromatic heterocycles. The van der Waals surface area contributed by atoms with Gasteiger partial charge in [0.05, 0.1) is 56.0 Å². The third-order valence-corrected chi connectivity index (χ3v) is 7.29. The second-order valence-corrected chi connectivity index (χ2v) is 9.11. The molecule has 1 aromatic rings. The van der Waals surface area contributed by atoms with Crippen molar-refractivity contribution >= 4 is 16.0 Å². The number of ether oxygens (including phenoxy) is 3. The molecule has 28 heavy (non-hydrogen) atoms. The van der Waals surface area contributed by atoms with Crippen LogP contribution in [-0.4, -0.2) is 75.0 Å². The molecular formula is C19H27NO7S. The van der Waals surface area contributed by atoms with Crippen molar-refractivity contribution < 1.29 is 32.5 Å². The van der Waals surface area contributed by atoms with E-state index in [2.05, 4.69) is 0 Å². The molecule has 0 unspecified atom stereocenters. The number of aliphatic hydroxyl groups excluding tert-OH is 1. The van der Waals surface area contributed by atoms with E-state index in [1.807, 2.05) is 0 Å². The highest BCUT2D eigenvalue weighted by Crippen LogP contribution is 2.32. The van der Waals surface area contributed by atoms with Crippen LogP contribution in [0.25, 0.3) is 0 Å². The summed E-state index contributed by atoms with van der Waals surface area (Å²) < 4.78 is 44.4. The predicted molar refractivity (Wildman–Crippen MR) is 100 cm³/mol. The Morgan fingerprint density at radius 3 is 2.75 bits per heavy atom. The summed E-state index contributed by atoms with van der Waals surface area (Å²) in [5.74, 6) is -0.366. The molecule has 1 aromatic carbocycles. The van der Waals surface area contributed by atoms with Crippen molar-refractivity contribution in [2.24, 2.45) is 0 Å². The van der Waals surface area contributed by atoms with Crippen LogP contribution in [0.2, 0.25) is 0 Å². The largest absolute Gasteiger partial charge is 0.469 e. The Morgan fingerprint density at radius 1 is 1.29 bits per heavy atom. The number of sulfonamides is 1. The van der Waals surface area contributed by atoms with E-state index < -0.39 is 28.3 Å². The summed E-state index contributed by atoms with van der Waals surface area (Å²) in [6, 6.07) is 6.32. The first-order chi connectivity index (χ1) is 13.3. The summed E-state index contributed by atoms with van der Waals surface area (Å²) in [7, 11) is -2.51. The molecule has 2 saturated heterocycles. The molecule has 2 heterocycles. The number of carbonyl (C=O) groups is 1. The van der Waals surface area contributed by atoms with Crippen molar-refractivity contribution in [1.29, 1.82) is 0 Å². The van der Waals surface area contributed by atoms with Crippen molar-refractivity contribution in [3.8, 4) is 0 Å². The van der Waals surface area contributed by atoms with Crippen LogP contribution >= 0.6 is 0 Å². The van der Waals surface area contributed by atoms with Gasteiger partial charge in [0, 0.05) is 6.54 Å². The van der Waals surface area contributed by atoms with Crippen molar-refractivity contribution in [1.82, 2.24) is 4.31 Å². The second kappa shape index (κ2) is 8.87. The lowest BCUT2D eigenvalue weighted by atomic mass is 9.96. The lowest BCUT2D eigenvalue weighted by molar-refractivity contribution is -0.157. The molecule has 0 amide bonds. The average Bonchev–Trinajstić information content (AvgIpc) is 2.65. The van der Waals surface area contributed by atoms with E-state index in [9.17, 15) is 18.3 Å². The fraction of sp³-hybridized carbons (Fsp3) is 0.632. The monoisotopic (exact) mass is 413 g/mol. The minimum absolute atomic E-state index is 0.0219. The van der Waals surface area contributed by atoms with E-state index in [4.69, 9.17) is 14.2 Å². The minimum atomic E-state index is -3.83. The van der Waals surface area contributed by atoms with Crippen LogP contribution in [0.1, 0.15) is 24.8 Å². The van der Waals surface area contributed by atoms with E-state index >= 15 is 0 Å². The topological polar surface area (TPSA) is 102 Å². The molecular weight excluding hydrogens is 386 g/mol. The number of benzene rings is 1. The molecule has 2 fully saturated rings. The molecule has 4 atom stereocenters. The van der Waals surface area contributed by atoms with Crippen LogP contribution in [0.5, 0.6) is 0 Å². The van der Waals surface area contributed by atoms with Gasteiger partial charge in [-0.25, -0.2) is 8.42 Å². The number of aliphatic hydroxyl groups is 1. The number of hydrogen-bond donors (Lipinski definition) is 1. The molecule has 2 aliphatic rings. The molecule has 9 heteroatoms. The average molecular weight is 413 g/mol. The number of rotatable bonds is 4. The molecule has 0 spiro atoms. The summed E-state index contributed by atoms with van der Waals surface area (Å²) >= 11 is 0. The van der Waals surface area contributed by atoms with Crippen molar-refractivity contribution in [2.45, 2.75) is 55.4 Å². The lowest BCUT2D eigenvalue weighted by Crippen LogP contribution is -2.57. The zero-order valence-electron chi connectivity index (χ0n) is 16.1. The van der Waals surface area contributed by atoms with Gasteiger partial charge >= 0.3 is 5.97 Å². The normalized spacial score (nSPS) is 29.4. The molecule has 0 saturated carbocycles. The second-order valence-electron chi connectivity index (χ2n) is 7.25. The van der Waals surface area contributed by atoms with Gasteiger partial charge in [0.1, 0.15) is 0 Å². The molecule has 0 radical (unpaired) electrons. The minimum Gasteiger partial charge on any atom is -0.469 e. The standard InChI is InChI=1S/C19H27NO7S/c1-13-5-3-4-6-18(13)28(23,24)20-10-14(21)11-26-12-17-16(20)8-7-15(27-17)9-19(22)25-2/h3-6,14-17,21H,7-12H2,1-2H3/t14-,15+,16-,17+/m1/s1. The van der Waals surface area contributed by atoms with Crippen molar-refractivity contribution in [3.63, 3.8) is 0 Å². The van der Waals surface area contributed by atoms with E-state index in [1.165, 1.54) is 11.4 Å².